The number of rotatable bonds is 19. The van der Waals surface area contributed by atoms with Crippen LogP contribution in [0.15, 0.2) is 60.4 Å². The van der Waals surface area contributed by atoms with Gasteiger partial charge in [0.05, 0.1) is 25.0 Å². The minimum atomic E-state index is -2.23. The van der Waals surface area contributed by atoms with Gasteiger partial charge < -0.3 is 114 Å². The van der Waals surface area contributed by atoms with Crippen LogP contribution >= 0.6 is 0 Å². The monoisotopic (exact) mass is 1030 g/mol. The van der Waals surface area contributed by atoms with E-state index in [2.05, 4.69) is 0 Å². The predicted molar refractivity (Wildman–Crippen MR) is 235 cm³/mol. The zero-order valence-corrected chi connectivity index (χ0v) is 38.1. The SMILES string of the molecule is C[C@H]1C2C(C[C@@H]1OC(=O)/C=C/c1ccc(O)c(O)c1)C(C(=O)OC[C@@H](O)[C@@H](O)[C@H](O)[C@H](O)CO[C@@H]1O[C@H](COC(=O)/C=C/c3ccc(O)c(O)c3)[C@@H](O)[C@H](O)[C@H]1O)=CO[C@H]2O[C@@H]1O[C@H](CO)[C@@H](O)[C@H](O)[C@H]1O. The maximum Gasteiger partial charge on any atom is 0.337 e. The lowest BCUT2D eigenvalue weighted by atomic mass is 9.83. The first-order valence-electron chi connectivity index (χ1n) is 22.4. The second-order valence-corrected chi connectivity index (χ2v) is 17.5. The molecule has 3 fully saturated rings. The number of carbonyl (C=O) groups excluding carboxylic acids is 3. The molecular weight excluding hydrogens is 968 g/mol. The number of aliphatic hydroxyl groups is 11. The summed E-state index contributed by atoms with van der Waals surface area (Å²) in [6.45, 7) is -1.78. The van der Waals surface area contributed by atoms with E-state index in [9.17, 15) is 91.0 Å². The van der Waals surface area contributed by atoms with Gasteiger partial charge in [-0.05, 0) is 54.0 Å². The van der Waals surface area contributed by atoms with E-state index in [4.69, 9.17) is 37.9 Å². The lowest BCUT2D eigenvalue weighted by Crippen LogP contribution is -2.60. The number of fused-ring (bicyclic) bond motifs is 1. The molecule has 0 amide bonds. The Bertz CT molecular complexity index is 2270. The third kappa shape index (κ3) is 13.2. The van der Waals surface area contributed by atoms with Gasteiger partial charge in [-0.1, -0.05) is 19.1 Å². The van der Waals surface area contributed by atoms with Gasteiger partial charge in [-0.15, -0.1) is 0 Å². The summed E-state index contributed by atoms with van der Waals surface area (Å²) in [5, 5.41) is 154. The maximum absolute atomic E-state index is 13.6. The fourth-order valence-electron chi connectivity index (χ4n) is 8.42. The summed E-state index contributed by atoms with van der Waals surface area (Å²) in [4.78, 5) is 39.0. The second kappa shape index (κ2) is 24.5. The van der Waals surface area contributed by atoms with Crippen LogP contribution in [0.25, 0.3) is 12.2 Å². The molecule has 19 atom stereocenters. The number of benzene rings is 2. The molecule has 0 aromatic heterocycles. The zero-order valence-electron chi connectivity index (χ0n) is 38.1. The number of carbonyl (C=O) groups is 3. The van der Waals surface area contributed by atoms with E-state index in [1.807, 2.05) is 0 Å². The number of aromatic hydroxyl groups is 4. The Morgan fingerprint density at radius 2 is 1.21 bits per heavy atom. The summed E-state index contributed by atoms with van der Waals surface area (Å²) in [6, 6.07) is 7.54. The molecule has 15 N–H and O–H groups in total. The summed E-state index contributed by atoms with van der Waals surface area (Å²) in [5.41, 5.74) is 0.453. The number of aliphatic hydroxyl groups excluding tert-OH is 11. The van der Waals surface area contributed by atoms with Gasteiger partial charge in [0.15, 0.2) is 35.6 Å². The maximum atomic E-state index is 13.6. The Balaban J connectivity index is 1.04. The molecule has 398 valence electrons. The molecule has 2 saturated heterocycles. The number of esters is 3. The lowest BCUT2D eigenvalue weighted by molar-refractivity contribution is -0.342. The number of phenols is 4. The van der Waals surface area contributed by atoms with Gasteiger partial charge in [-0.2, -0.15) is 0 Å². The topological polar surface area (TPSA) is 429 Å². The molecule has 2 aromatic carbocycles. The minimum absolute atomic E-state index is 0.0756. The van der Waals surface area contributed by atoms with Crippen LogP contribution in [0.2, 0.25) is 0 Å². The van der Waals surface area contributed by atoms with Gasteiger partial charge in [0.1, 0.15) is 92.6 Å². The average molecular weight is 1030 g/mol. The molecule has 3 aliphatic heterocycles. The molecule has 0 spiro atoms. The van der Waals surface area contributed by atoms with Crippen molar-refractivity contribution < 1.29 is 129 Å². The zero-order chi connectivity index (χ0) is 52.7. The highest BCUT2D eigenvalue weighted by atomic mass is 16.8. The highest BCUT2D eigenvalue weighted by Crippen LogP contribution is 2.49. The van der Waals surface area contributed by atoms with Crippen LogP contribution in [0, 0.1) is 17.8 Å². The fraction of sp³-hybridized carbons (Fsp3) is 0.543. The smallest absolute Gasteiger partial charge is 0.337 e. The van der Waals surface area contributed by atoms with Crippen LogP contribution in [0.3, 0.4) is 0 Å². The lowest BCUT2D eigenvalue weighted by Gasteiger charge is -2.43. The first-order chi connectivity index (χ1) is 34.1. The Labute approximate surface area is 408 Å². The van der Waals surface area contributed by atoms with Crippen molar-refractivity contribution in [2.24, 2.45) is 17.8 Å². The van der Waals surface area contributed by atoms with Crippen LogP contribution in [-0.4, -0.2) is 219 Å². The molecule has 2 aromatic rings. The molecule has 4 aliphatic rings. The number of hydrogen-bond acceptors (Lipinski definition) is 26. The standard InChI is InChI=1S/C46H58O26/c1-18-29(69-33(55)9-5-20-3-7-24(49)26(51)11-20)12-21-22(14-67-44(34(18)21)72-46-42(63)39(60)37(58)30(13-47)70-46)43(64)66-15-27(52)35(56)36(57)28(53)16-68-45-41(62)40(61)38(59)31(71-45)17-65-32(54)8-4-19-2-6-23(48)25(50)10-19/h2-11,14,18,21,27-31,34-42,44-53,56-63H,12-13,15-17H2,1H3/b8-4+,9-5+/t18-,21?,27-,28-,29+,30-,31-,34?,35-,36-,37-,38-,39+,40+,41-,42-,44+,45-,46+/m1/s1. The van der Waals surface area contributed by atoms with Crippen LogP contribution < -0.4 is 0 Å². The average Bonchev–Trinajstić information content (AvgIpc) is 3.69. The molecule has 26 nitrogen and oxygen atoms in total. The summed E-state index contributed by atoms with van der Waals surface area (Å²) in [5.74, 6) is -7.15. The van der Waals surface area contributed by atoms with Gasteiger partial charge >= 0.3 is 17.9 Å². The van der Waals surface area contributed by atoms with E-state index in [-0.39, 0.29) is 23.5 Å². The van der Waals surface area contributed by atoms with Crippen molar-refractivity contribution in [3.8, 4) is 23.0 Å². The minimum Gasteiger partial charge on any atom is -0.504 e. The van der Waals surface area contributed by atoms with Gasteiger partial charge in [-0.3, -0.25) is 0 Å². The van der Waals surface area contributed by atoms with Crippen molar-refractivity contribution in [2.75, 3.05) is 26.4 Å². The molecule has 2 unspecified atom stereocenters. The van der Waals surface area contributed by atoms with E-state index in [1.54, 1.807) is 6.92 Å². The van der Waals surface area contributed by atoms with Crippen LogP contribution in [0.5, 0.6) is 23.0 Å². The predicted octanol–water partition coefficient (Wildman–Crippen LogP) is -4.17. The number of phenolic OH excluding ortho intramolecular Hbond substituents is 4. The number of ether oxygens (including phenoxy) is 8. The molecule has 3 heterocycles. The highest BCUT2D eigenvalue weighted by molar-refractivity contribution is 5.89. The third-order valence-corrected chi connectivity index (χ3v) is 12.6. The van der Waals surface area contributed by atoms with Crippen molar-refractivity contribution in [1.82, 2.24) is 0 Å². The quantitative estimate of drug-likeness (QED) is 0.0275. The molecule has 72 heavy (non-hydrogen) atoms. The Kier molecular flexibility index (Phi) is 19.0. The van der Waals surface area contributed by atoms with E-state index in [1.165, 1.54) is 42.5 Å². The van der Waals surface area contributed by atoms with Crippen molar-refractivity contribution >= 4 is 30.1 Å². The highest BCUT2D eigenvalue weighted by Gasteiger charge is 2.55. The van der Waals surface area contributed by atoms with Gasteiger partial charge in [0.25, 0.3) is 0 Å². The van der Waals surface area contributed by atoms with Crippen molar-refractivity contribution in [1.29, 1.82) is 0 Å². The molecule has 6 rings (SSSR count). The van der Waals surface area contributed by atoms with Gasteiger partial charge in [0.2, 0.25) is 6.29 Å². The first-order valence-corrected chi connectivity index (χ1v) is 22.4. The van der Waals surface area contributed by atoms with Gasteiger partial charge in [-0.25, -0.2) is 14.4 Å². The largest absolute Gasteiger partial charge is 0.504 e. The van der Waals surface area contributed by atoms with Crippen molar-refractivity contribution in [3.05, 3.63) is 71.5 Å². The van der Waals surface area contributed by atoms with Crippen LogP contribution in [-0.2, 0) is 52.3 Å². The summed E-state index contributed by atoms with van der Waals surface area (Å²) >= 11 is 0. The first kappa shape index (κ1) is 55.8. The molecule has 1 aliphatic carbocycles. The Hall–Kier alpha value is -5.53. The van der Waals surface area contributed by atoms with E-state index in [0.29, 0.717) is 11.1 Å². The summed E-state index contributed by atoms with van der Waals surface area (Å²) in [7, 11) is 0. The van der Waals surface area contributed by atoms with Gasteiger partial charge in [0, 0.05) is 29.9 Å². The molecule has 0 bridgehead atoms. The van der Waals surface area contributed by atoms with Crippen LogP contribution in [0.1, 0.15) is 24.5 Å². The third-order valence-electron chi connectivity index (χ3n) is 12.6. The fourth-order valence-corrected chi connectivity index (χ4v) is 8.42. The molecule has 1 saturated carbocycles. The van der Waals surface area contributed by atoms with E-state index < -0.39 is 172 Å². The molecular formula is C46H58O26. The van der Waals surface area contributed by atoms with Crippen molar-refractivity contribution in [3.63, 3.8) is 0 Å². The molecule has 26 heteroatoms. The van der Waals surface area contributed by atoms with E-state index >= 15 is 0 Å². The van der Waals surface area contributed by atoms with E-state index in [0.717, 1.165) is 24.5 Å². The normalized spacial score (nSPS) is 33.3. The Morgan fingerprint density at radius 1 is 0.667 bits per heavy atom. The summed E-state index contributed by atoms with van der Waals surface area (Å²) < 4.78 is 43.9. The summed E-state index contributed by atoms with van der Waals surface area (Å²) in [6.07, 6.45) is -23.0. The molecule has 0 radical (unpaired) electrons. The number of hydrogen-bond donors (Lipinski definition) is 15. The van der Waals surface area contributed by atoms with Crippen molar-refractivity contribution in [2.45, 2.75) is 112 Å². The van der Waals surface area contributed by atoms with Crippen LogP contribution in [0.4, 0.5) is 0 Å². The second-order valence-electron chi connectivity index (χ2n) is 17.5. The Morgan fingerprint density at radius 3 is 1.79 bits per heavy atom.